The lowest BCUT2D eigenvalue weighted by Crippen LogP contribution is -2.15. The van der Waals surface area contributed by atoms with Gasteiger partial charge in [-0.1, -0.05) is 0 Å². The summed E-state index contributed by atoms with van der Waals surface area (Å²) in [5.74, 6) is 0.594. The first-order valence-corrected chi connectivity index (χ1v) is 4.82. The molecular weight excluding hydrogens is 232 g/mol. The zero-order valence-electron chi connectivity index (χ0n) is 7.81. The van der Waals surface area contributed by atoms with Crippen molar-refractivity contribution in [2.45, 2.75) is 0 Å². The van der Waals surface area contributed by atoms with Crippen LogP contribution in [0.3, 0.4) is 0 Å². The van der Waals surface area contributed by atoms with Gasteiger partial charge in [-0.15, -0.1) is 11.3 Å². The number of hydrogen-bond donors (Lipinski definition) is 3. The van der Waals surface area contributed by atoms with Crippen LogP contribution < -0.4 is 11.1 Å². The second-order valence-electron chi connectivity index (χ2n) is 2.54. The van der Waals surface area contributed by atoms with Gasteiger partial charge in [0, 0.05) is 11.8 Å². The molecule has 1 heterocycles. The number of hydrogen-bond acceptors (Lipinski definition) is 4. The molecule has 82 valence electrons. The molecule has 0 aliphatic heterocycles. The van der Waals surface area contributed by atoms with Gasteiger partial charge in [0.2, 0.25) is 0 Å². The highest BCUT2D eigenvalue weighted by molar-refractivity contribution is 7.14. The molecule has 0 fully saturated rings. The highest BCUT2D eigenvalue weighted by Gasteiger charge is 2.11. The van der Waals surface area contributed by atoms with E-state index in [0.29, 0.717) is 0 Å². The number of carboxylic acid groups (broad SMARTS) is 1. The molecule has 4 N–H and O–H groups in total. The van der Waals surface area contributed by atoms with E-state index in [-0.39, 0.29) is 10.6 Å². The Morgan fingerprint density at radius 3 is 2.62 bits per heavy atom. The summed E-state index contributed by atoms with van der Waals surface area (Å²) in [6.45, 7) is 0. The molecule has 0 bridgehead atoms. The molecule has 0 saturated carbocycles. The molecule has 1 rings (SSSR count). The van der Waals surface area contributed by atoms with Crippen molar-refractivity contribution in [3.05, 3.63) is 17.0 Å². The SMILES string of the molecule is NC(=O)c1ccsc1NC(=O)C#CC(=O)O. The molecular formula is C9H6N2O4S. The van der Waals surface area contributed by atoms with E-state index < -0.39 is 17.8 Å². The van der Waals surface area contributed by atoms with Crippen LogP contribution in [0.2, 0.25) is 0 Å². The van der Waals surface area contributed by atoms with Gasteiger partial charge in [-0.2, -0.15) is 0 Å². The zero-order valence-corrected chi connectivity index (χ0v) is 8.63. The van der Waals surface area contributed by atoms with Crippen LogP contribution in [-0.2, 0) is 9.59 Å². The average molecular weight is 238 g/mol. The second-order valence-corrected chi connectivity index (χ2v) is 3.45. The van der Waals surface area contributed by atoms with Crippen LogP contribution in [0.15, 0.2) is 11.4 Å². The van der Waals surface area contributed by atoms with Crippen LogP contribution in [0.25, 0.3) is 0 Å². The smallest absolute Gasteiger partial charge is 0.382 e. The van der Waals surface area contributed by atoms with Crippen molar-refractivity contribution in [3.8, 4) is 11.8 Å². The maximum Gasteiger partial charge on any atom is 0.382 e. The summed E-state index contributed by atoms with van der Waals surface area (Å²) in [5, 5.41) is 12.3. The molecule has 0 aliphatic rings. The predicted molar refractivity (Wildman–Crippen MR) is 56.9 cm³/mol. The molecule has 1 aromatic heterocycles. The minimum absolute atomic E-state index is 0.162. The van der Waals surface area contributed by atoms with Gasteiger partial charge in [0.25, 0.3) is 5.91 Å². The zero-order chi connectivity index (χ0) is 12.1. The van der Waals surface area contributed by atoms with Gasteiger partial charge in [-0.25, -0.2) is 4.79 Å². The quantitative estimate of drug-likeness (QED) is 0.623. The first-order valence-electron chi connectivity index (χ1n) is 3.94. The molecule has 0 saturated heterocycles. The normalized spacial score (nSPS) is 8.75. The summed E-state index contributed by atoms with van der Waals surface area (Å²) in [6, 6.07) is 1.45. The minimum Gasteiger partial charge on any atom is -0.472 e. The first kappa shape index (κ1) is 11.7. The Bertz CT molecular complexity index is 509. The number of rotatable bonds is 2. The molecule has 0 aromatic carbocycles. The Balaban J connectivity index is 2.79. The van der Waals surface area contributed by atoms with Gasteiger partial charge in [0.15, 0.2) is 0 Å². The van der Waals surface area contributed by atoms with Crippen LogP contribution >= 0.6 is 11.3 Å². The van der Waals surface area contributed by atoms with Gasteiger partial charge >= 0.3 is 11.9 Å². The standard InChI is InChI=1S/C9H6N2O4S/c10-8(15)5-3-4-16-9(5)11-6(12)1-2-7(13)14/h3-4H,(H2,10,15)(H,11,12)(H,13,14). The van der Waals surface area contributed by atoms with E-state index in [1.165, 1.54) is 6.07 Å². The van der Waals surface area contributed by atoms with Crippen LogP contribution in [0.5, 0.6) is 0 Å². The Kier molecular flexibility index (Phi) is 3.63. The maximum absolute atomic E-state index is 11.1. The van der Waals surface area contributed by atoms with Crippen molar-refractivity contribution in [2.24, 2.45) is 5.73 Å². The van der Waals surface area contributed by atoms with E-state index in [0.717, 1.165) is 11.3 Å². The lowest BCUT2D eigenvalue weighted by atomic mass is 10.3. The van der Waals surface area contributed by atoms with Gasteiger partial charge < -0.3 is 16.2 Å². The molecule has 0 atom stereocenters. The summed E-state index contributed by atoms with van der Waals surface area (Å²) in [4.78, 5) is 32.0. The Morgan fingerprint density at radius 1 is 1.38 bits per heavy atom. The van der Waals surface area contributed by atoms with Crippen LogP contribution in [0, 0.1) is 11.8 Å². The second kappa shape index (κ2) is 4.95. The van der Waals surface area contributed by atoms with E-state index in [1.807, 2.05) is 5.92 Å². The van der Waals surface area contributed by atoms with E-state index in [9.17, 15) is 14.4 Å². The largest absolute Gasteiger partial charge is 0.472 e. The Labute approximate surface area is 94.1 Å². The molecule has 0 aliphatic carbocycles. The number of anilines is 1. The van der Waals surface area contributed by atoms with E-state index >= 15 is 0 Å². The average Bonchev–Trinajstić information content (AvgIpc) is 2.62. The number of nitrogens with one attached hydrogen (secondary N) is 1. The highest BCUT2D eigenvalue weighted by Crippen LogP contribution is 2.22. The highest BCUT2D eigenvalue weighted by atomic mass is 32.1. The number of carboxylic acids is 1. The topological polar surface area (TPSA) is 109 Å². The summed E-state index contributed by atoms with van der Waals surface area (Å²) in [6.07, 6.45) is 0. The van der Waals surface area contributed by atoms with Gasteiger partial charge in [0.1, 0.15) is 5.00 Å². The fraction of sp³-hybridized carbons (Fsp3) is 0. The van der Waals surface area contributed by atoms with Crippen LogP contribution in [-0.4, -0.2) is 22.9 Å². The molecule has 2 amide bonds. The molecule has 0 spiro atoms. The summed E-state index contributed by atoms with van der Waals surface area (Å²) in [5.41, 5.74) is 5.21. The fourth-order valence-electron chi connectivity index (χ4n) is 0.845. The molecule has 1 aromatic rings. The number of carbonyl (C=O) groups excluding carboxylic acids is 2. The number of aliphatic carboxylic acids is 1. The number of primary amides is 1. The third kappa shape index (κ3) is 3.11. The van der Waals surface area contributed by atoms with Crippen molar-refractivity contribution in [2.75, 3.05) is 5.32 Å². The number of nitrogens with two attached hydrogens (primary N) is 1. The van der Waals surface area contributed by atoms with E-state index in [1.54, 1.807) is 11.3 Å². The minimum atomic E-state index is -1.41. The number of amides is 2. The summed E-state index contributed by atoms with van der Waals surface area (Å²) >= 11 is 1.09. The summed E-state index contributed by atoms with van der Waals surface area (Å²) < 4.78 is 0. The lowest BCUT2D eigenvalue weighted by molar-refractivity contribution is -0.130. The monoisotopic (exact) mass is 238 g/mol. The van der Waals surface area contributed by atoms with Gasteiger partial charge in [0.05, 0.1) is 5.56 Å². The third-order valence-electron chi connectivity index (χ3n) is 1.44. The molecule has 6 nitrogen and oxygen atoms in total. The van der Waals surface area contributed by atoms with Crippen molar-refractivity contribution in [3.63, 3.8) is 0 Å². The first-order chi connectivity index (χ1) is 7.50. The van der Waals surface area contributed by atoms with E-state index in [4.69, 9.17) is 10.8 Å². The molecule has 0 radical (unpaired) electrons. The van der Waals surface area contributed by atoms with Crippen LogP contribution in [0.1, 0.15) is 10.4 Å². The van der Waals surface area contributed by atoms with Crippen LogP contribution in [0.4, 0.5) is 5.00 Å². The Morgan fingerprint density at radius 2 is 2.06 bits per heavy atom. The number of carbonyl (C=O) groups is 3. The molecule has 16 heavy (non-hydrogen) atoms. The van der Waals surface area contributed by atoms with Crippen molar-refractivity contribution >= 4 is 34.1 Å². The predicted octanol–water partition coefficient (Wildman–Crippen LogP) is -0.127. The summed E-state index contributed by atoms with van der Waals surface area (Å²) in [7, 11) is 0. The fourth-order valence-corrected chi connectivity index (χ4v) is 1.63. The molecule has 7 heteroatoms. The van der Waals surface area contributed by atoms with Gasteiger partial charge in [-0.05, 0) is 11.4 Å². The lowest BCUT2D eigenvalue weighted by Gasteiger charge is -1.98. The van der Waals surface area contributed by atoms with E-state index in [2.05, 4.69) is 5.32 Å². The number of thiophene rings is 1. The Hall–Kier alpha value is -2.33. The molecule has 0 unspecified atom stereocenters. The van der Waals surface area contributed by atoms with Crippen molar-refractivity contribution in [1.29, 1.82) is 0 Å². The third-order valence-corrected chi connectivity index (χ3v) is 2.27. The van der Waals surface area contributed by atoms with Gasteiger partial charge in [-0.3, -0.25) is 9.59 Å². The van der Waals surface area contributed by atoms with Crippen molar-refractivity contribution in [1.82, 2.24) is 0 Å². The maximum atomic E-state index is 11.1. The van der Waals surface area contributed by atoms with Crippen molar-refractivity contribution < 1.29 is 19.5 Å².